The predicted molar refractivity (Wildman–Crippen MR) is 159 cm³/mol. The van der Waals surface area contributed by atoms with Gasteiger partial charge in [0.25, 0.3) is 5.91 Å². The van der Waals surface area contributed by atoms with Gasteiger partial charge in [0.05, 0.1) is 12.8 Å². The number of ether oxygens (including phenoxy) is 1. The summed E-state index contributed by atoms with van der Waals surface area (Å²) >= 11 is 0. The maximum Gasteiger partial charge on any atom is 0.255 e. The van der Waals surface area contributed by atoms with Gasteiger partial charge < -0.3 is 19.5 Å². The molecule has 0 bridgehead atoms. The van der Waals surface area contributed by atoms with Crippen LogP contribution < -0.4 is 4.74 Å². The number of hydrogen-bond donors (Lipinski definition) is 1. The van der Waals surface area contributed by atoms with E-state index in [0.29, 0.717) is 6.54 Å². The largest absolute Gasteiger partial charge is 0.496 e. The molecule has 3 aliphatic heterocycles. The van der Waals surface area contributed by atoms with Crippen molar-refractivity contribution in [2.75, 3.05) is 33.3 Å². The average molecular weight is 549 g/mol. The molecule has 4 heterocycles. The Labute approximate surface area is 240 Å². The molecule has 0 aliphatic carbocycles. The number of rotatable bonds is 5. The molecule has 41 heavy (non-hydrogen) atoms. The van der Waals surface area contributed by atoms with E-state index in [1.165, 1.54) is 5.56 Å². The lowest BCUT2D eigenvalue weighted by Crippen LogP contribution is -2.69. The second-order valence-corrected chi connectivity index (χ2v) is 11.8. The fourth-order valence-corrected chi connectivity index (χ4v) is 7.39. The van der Waals surface area contributed by atoms with Crippen LogP contribution in [0.2, 0.25) is 0 Å². The standard InChI is InChI=1S/C34H36N4O3/c1-34-32-31(26-13-6-8-14-28(26)35-32)27(25-12-7-9-15-29(25)41-2)21-38(34)30(39)22-37(33(34)40)24-16-18-36(19-17-24)20-23-10-4-3-5-11-23/h3-15,24,27,35H,16-22H2,1-2H3/t27?,34-/m0/s1. The molecule has 7 nitrogen and oxygen atoms in total. The molecule has 2 saturated heterocycles. The van der Waals surface area contributed by atoms with Crippen LogP contribution in [-0.4, -0.2) is 70.8 Å². The van der Waals surface area contributed by atoms with Gasteiger partial charge in [-0.1, -0.05) is 66.7 Å². The summed E-state index contributed by atoms with van der Waals surface area (Å²) in [5.74, 6) is 0.694. The van der Waals surface area contributed by atoms with E-state index in [-0.39, 0.29) is 30.3 Å². The van der Waals surface area contributed by atoms with Crippen molar-refractivity contribution in [2.45, 2.75) is 43.8 Å². The van der Waals surface area contributed by atoms with Crippen molar-refractivity contribution in [3.63, 3.8) is 0 Å². The summed E-state index contributed by atoms with van der Waals surface area (Å²) in [5, 5.41) is 1.09. The van der Waals surface area contributed by atoms with Gasteiger partial charge in [0.1, 0.15) is 12.3 Å². The maximum absolute atomic E-state index is 14.6. The van der Waals surface area contributed by atoms with Crippen LogP contribution in [0.15, 0.2) is 78.9 Å². The number of hydrogen-bond acceptors (Lipinski definition) is 4. The Morgan fingerprint density at radius 3 is 2.41 bits per heavy atom. The first-order valence-electron chi connectivity index (χ1n) is 14.6. The first-order chi connectivity index (χ1) is 20.0. The molecule has 0 radical (unpaired) electrons. The van der Waals surface area contributed by atoms with Crippen molar-refractivity contribution in [3.8, 4) is 5.75 Å². The highest BCUT2D eigenvalue weighted by Gasteiger charge is 2.57. The van der Waals surface area contributed by atoms with Crippen LogP contribution in [0.1, 0.15) is 48.1 Å². The van der Waals surface area contributed by atoms with Crippen molar-refractivity contribution in [2.24, 2.45) is 0 Å². The van der Waals surface area contributed by atoms with E-state index in [0.717, 1.165) is 65.9 Å². The highest BCUT2D eigenvalue weighted by atomic mass is 16.5. The van der Waals surface area contributed by atoms with Crippen molar-refractivity contribution >= 4 is 22.7 Å². The maximum atomic E-state index is 14.6. The Morgan fingerprint density at radius 2 is 1.63 bits per heavy atom. The number of H-pyrrole nitrogens is 1. The van der Waals surface area contributed by atoms with E-state index >= 15 is 0 Å². The summed E-state index contributed by atoms with van der Waals surface area (Å²) in [6.45, 7) is 5.23. The lowest BCUT2D eigenvalue weighted by molar-refractivity contribution is -0.169. The van der Waals surface area contributed by atoms with Crippen molar-refractivity contribution < 1.29 is 14.3 Å². The lowest BCUT2D eigenvalue weighted by Gasteiger charge is -2.53. The molecule has 7 heteroatoms. The molecule has 2 fully saturated rings. The number of aromatic amines is 1. The highest BCUT2D eigenvalue weighted by Crippen LogP contribution is 2.49. The van der Waals surface area contributed by atoms with Gasteiger partial charge in [0.2, 0.25) is 5.91 Å². The Kier molecular flexibility index (Phi) is 6.35. The van der Waals surface area contributed by atoms with E-state index in [1.807, 2.05) is 53.1 Å². The number of amides is 2. The average Bonchev–Trinajstić information content (AvgIpc) is 3.41. The van der Waals surface area contributed by atoms with E-state index in [2.05, 4.69) is 52.3 Å². The summed E-state index contributed by atoms with van der Waals surface area (Å²) in [6.07, 6.45) is 1.73. The molecule has 1 N–H and O–H groups in total. The van der Waals surface area contributed by atoms with Crippen LogP contribution in [-0.2, 0) is 21.7 Å². The number of aromatic nitrogens is 1. The zero-order valence-electron chi connectivity index (χ0n) is 23.7. The van der Waals surface area contributed by atoms with Crippen LogP contribution >= 0.6 is 0 Å². The van der Waals surface area contributed by atoms with Crippen LogP contribution in [0.25, 0.3) is 10.9 Å². The predicted octanol–water partition coefficient (Wildman–Crippen LogP) is 4.87. The zero-order valence-corrected chi connectivity index (χ0v) is 23.7. The van der Waals surface area contributed by atoms with Gasteiger partial charge in [-0.05, 0) is 43.0 Å². The zero-order chi connectivity index (χ0) is 28.1. The molecule has 0 saturated carbocycles. The Balaban J connectivity index is 1.23. The number of fused-ring (bicyclic) bond motifs is 5. The van der Waals surface area contributed by atoms with Gasteiger partial charge >= 0.3 is 0 Å². The molecule has 4 aromatic rings. The van der Waals surface area contributed by atoms with Crippen LogP contribution in [0.5, 0.6) is 5.75 Å². The fourth-order valence-electron chi connectivity index (χ4n) is 7.39. The van der Waals surface area contributed by atoms with Gasteiger partial charge in [-0.3, -0.25) is 14.5 Å². The van der Waals surface area contributed by atoms with E-state index in [1.54, 1.807) is 7.11 Å². The summed E-state index contributed by atoms with van der Waals surface area (Å²) < 4.78 is 5.76. The minimum absolute atomic E-state index is 0.00280. The first-order valence-corrected chi connectivity index (χ1v) is 14.6. The third kappa shape index (κ3) is 4.13. The van der Waals surface area contributed by atoms with E-state index in [4.69, 9.17) is 4.74 Å². The van der Waals surface area contributed by atoms with Crippen molar-refractivity contribution in [3.05, 3.63) is 101 Å². The van der Waals surface area contributed by atoms with Gasteiger partial charge in [-0.25, -0.2) is 0 Å². The third-order valence-electron chi connectivity index (χ3n) is 9.53. The van der Waals surface area contributed by atoms with E-state index < -0.39 is 5.54 Å². The number of carbonyl (C=O) groups excluding carboxylic acids is 2. The normalized spacial score (nSPS) is 23.5. The number of benzene rings is 3. The molecular formula is C34H36N4O3. The number of piperazine rings is 1. The summed E-state index contributed by atoms with van der Waals surface area (Å²) in [7, 11) is 1.68. The summed E-state index contributed by atoms with van der Waals surface area (Å²) in [4.78, 5) is 38.3. The second kappa shape index (κ2) is 10.1. The summed E-state index contributed by atoms with van der Waals surface area (Å²) in [6, 6.07) is 26.8. The van der Waals surface area contributed by atoms with Gasteiger partial charge in [-0.2, -0.15) is 0 Å². The molecular weight excluding hydrogens is 512 g/mol. The van der Waals surface area contributed by atoms with Crippen molar-refractivity contribution in [1.82, 2.24) is 19.7 Å². The van der Waals surface area contributed by atoms with Gasteiger partial charge in [-0.15, -0.1) is 0 Å². The number of nitrogens with one attached hydrogen (secondary N) is 1. The smallest absolute Gasteiger partial charge is 0.255 e. The molecule has 3 aliphatic rings. The monoisotopic (exact) mass is 548 g/mol. The van der Waals surface area contributed by atoms with Crippen LogP contribution in [0, 0.1) is 0 Å². The minimum atomic E-state index is -1.09. The lowest BCUT2D eigenvalue weighted by atomic mass is 9.75. The number of para-hydroxylation sites is 2. The molecule has 3 aromatic carbocycles. The van der Waals surface area contributed by atoms with Gasteiger partial charge in [0, 0.05) is 54.6 Å². The Morgan fingerprint density at radius 1 is 0.927 bits per heavy atom. The topological polar surface area (TPSA) is 68.9 Å². The van der Waals surface area contributed by atoms with Crippen molar-refractivity contribution in [1.29, 1.82) is 0 Å². The SMILES string of the molecule is COc1ccccc1C1CN2C(=O)CN(C3CCN(Cc4ccccc4)CC3)C(=O)[C@]2(C)c2[nH]c3ccccc3c21. The number of carbonyl (C=O) groups is 2. The number of nitrogens with zero attached hydrogens (tertiary/aromatic N) is 3. The van der Waals surface area contributed by atoms with Crippen LogP contribution in [0.3, 0.4) is 0 Å². The third-order valence-corrected chi connectivity index (χ3v) is 9.53. The molecule has 210 valence electrons. The molecule has 7 rings (SSSR count). The second-order valence-electron chi connectivity index (χ2n) is 11.8. The molecule has 1 unspecified atom stereocenters. The van der Waals surface area contributed by atoms with Gasteiger partial charge in [0.15, 0.2) is 5.54 Å². The molecule has 0 spiro atoms. The van der Waals surface area contributed by atoms with E-state index in [9.17, 15) is 9.59 Å². The number of likely N-dealkylation sites (tertiary alicyclic amines) is 1. The first kappa shape index (κ1) is 25.8. The summed E-state index contributed by atoms with van der Waals surface area (Å²) in [5.41, 5.74) is 4.12. The Hall–Kier alpha value is -4.10. The van der Waals surface area contributed by atoms with Crippen LogP contribution in [0.4, 0.5) is 0 Å². The quantitative estimate of drug-likeness (QED) is 0.386. The number of methoxy groups -OCH3 is 1. The number of piperidine rings is 1. The highest BCUT2D eigenvalue weighted by molar-refractivity contribution is 6.01. The minimum Gasteiger partial charge on any atom is -0.496 e. The fraction of sp³-hybridized carbons (Fsp3) is 0.353. The molecule has 1 aromatic heterocycles. The molecule has 2 amide bonds. The Bertz CT molecular complexity index is 1610. The molecule has 2 atom stereocenters.